The molecule has 0 radical (unpaired) electrons. The van der Waals surface area contributed by atoms with Crippen molar-refractivity contribution < 1.29 is 28.7 Å². The minimum Gasteiger partial charge on any atom is -0.466 e. The fraction of sp³-hybridized carbons (Fsp3) is 0.918. The van der Waals surface area contributed by atoms with Gasteiger partial charge < -0.3 is 24.6 Å². The zero-order valence-electron chi connectivity index (χ0n) is 38.8. The maximum absolute atomic E-state index is 12.8. The van der Waals surface area contributed by atoms with Crippen molar-refractivity contribution in [2.75, 3.05) is 46.4 Å². The normalized spacial score (nSPS) is 11.3. The van der Waals surface area contributed by atoms with Gasteiger partial charge in [-0.1, -0.05) is 162 Å². The highest BCUT2D eigenvalue weighted by Crippen LogP contribution is 2.19. The van der Waals surface area contributed by atoms with Gasteiger partial charge in [-0.15, -0.1) is 0 Å². The lowest BCUT2D eigenvalue weighted by Crippen LogP contribution is -2.37. The minimum absolute atomic E-state index is 0.00253. The Bertz CT molecular complexity index is 918. The minimum atomic E-state index is -0.0738. The Morgan fingerprint density at radius 2 is 0.914 bits per heavy atom. The Hall–Kier alpha value is -2.16. The van der Waals surface area contributed by atoms with Crippen LogP contribution in [0.3, 0.4) is 0 Å². The second kappa shape index (κ2) is 44.4. The van der Waals surface area contributed by atoms with E-state index in [1.807, 2.05) is 0 Å². The van der Waals surface area contributed by atoms with Gasteiger partial charge in [-0.2, -0.15) is 0 Å². The van der Waals surface area contributed by atoms with E-state index >= 15 is 0 Å². The van der Waals surface area contributed by atoms with Gasteiger partial charge in [0.05, 0.1) is 13.2 Å². The van der Waals surface area contributed by atoms with Crippen LogP contribution in [0, 0.1) is 0 Å². The van der Waals surface area contributed by atoms with Gasteiger partial charge in [-0.25, -0.2) is 0 Å². The third-order valence-corrected chi connectivity index (χ3v) is 11.5. The van der Waals surface area contributed by atoms with Crippen LogP contribution < -0.4 is 5.32 Å². The number of carbonyl (C=O) groups excluding carboxylic acids is 4. The van der Waals surface area contributed by atoms with E-state index in [4.69, 9.17) is 9.47 Å². The SMILES string of the molecule is CCCCCCCCCOC(=O)CCCCCCCN(CCCCCCCC(=O)OC(CCCCCCCC)CCCCCCCC)CCCN(C)C(=O)CNC=O. The molecule has 0 aromatic carbocycles. The van der Waals surface area contributed by atoms with Crippen molar-refractivity contribution in [3.63, 3.8) is 0 Å². The molecule has 0 aromatic heterocycles. The van der Waals surface area contributed by atoms with Crippen molar-refractivity contribution in [3.05, 3.63) is 0 Å². The number of esters is 2. The van der Waals surface area contributed by atoms with Crippen LogP contribution in [0.1, 0.15) is 239 Å². The number of nitrogens with zero attached hydrogens (tertiary/aromatic N) is 2. The fourth-order valence-electron chi connectivity index (χ4n) is 7.65. The standard InChI is InChI=1S/C49H95N3O6/c1-5-8-11-14-17-26-33-43-57-48(55)37-29-22-18-24-31-40-52(42-34-39-51(4)47(54)44-50-45-53)41-32-25-19-23-30-38-49(56)58-46(35-27-20-15-12-9-6-2)36-28-21-16-13-10-7-3/h45-46H,5-44H2,1-4H3,(H,50,53). The summed E-state index contributed by atoms with van der Waals surface area (Å²) in [4.78, 5) is 52.0. The number of hydrogen-bond acceptors (Lipinski definition) is 7. The first-order valence-corrected chi connectivity index (χ1v) is 24.9. The average Bonchev–Trinajstić information content (AvgIpc) is 3.22. The summed E-state index contributed by atoms with van der Waals surface area (Å²) in [6.07, 6.45) is 39.2. The fourth-order valence-corrected chi connectivity index (χ4v) is 7.65. The number of unbranched alkanes of at least 4 members (excludes halogenated alkanes) is 24. The molecule has 9 heteroatoms. The molecule has 0 fully saturated rings. The van der Waals surface area contributed by atoms with Crippen LogP contribution in [0.5, 0.6) is 0 Å². The molecule has 9 nitrogen and oxygen atoms in total. The van der Waals surface area contributed by atoms with Crippen molar-refractivity contribution in [1.29, 1.82) is 0 Å². The van der Waals surface area contributed by atoms with Crippen molar-refractivity contribution in [3.8, 4) is 0 Å². The Kier molecular flexibility index (Phi) is 42.7. The quantitative estimate of drug-likeness (QED) is 0.0370. The zero-order chi connectivity index (χ0) is 42.6. The summed E-state index contributed by atoms with van der Waals surface area (Å²) in [5.41, 5.74) is 0. The lowest BCUT2D eigenvalue weighted by atomic mass is 10.0. The lowest BCUT2D eigenvalue weighted by molar-refractivity contribution is -0.150. The van der Waals surface area contributed by atoms with Crippen LogP contribution in [-0.2, 0) is 28.7 Å². The van der Waals surface area contributed by atoms with E-state index in [1.165, 1.54) is 109 Å². The van der Waals surface area contributed by atoms with Gasteiger partial charge in [0.1, 0.15) is 6.10 Å². The molecular formula is C49H95N3O6. The largest absolute Gasteiger partial charge is 0.466 e. The van der Waals surface area contributed by atoms with Gasteiger partial charge in [-0.3, -0.25) is 19.2 Å². The summed E-state index contributed by atoms with van der Waals surface area (Å²) >= 11 is 0. The van der Waals surface area contributed by atoms with Crippen molar-refractivity contribution in [2.24, 2.45) is 0 Å². The van der Waals surface area contributed by atoms with Crippen molar-refractivity contribution in [2.45, 2.75) is 245 Å². The van der Waals surface area contributed by atoms with E-state index in [9.17, 15) is 19.2 Å². The first kappa shape index (κ1) is 55.8. The van der Waals surface area contributed by atoms with E-state index in [0.717, 1.165) is 116 Å². The first-order valence-electron chi connectivity index (χ1n) is 24.9. The molecule has 0 saturated heterocycles. The Balaban J connectivity index is 4.48. The third-order valence-electron chi connectivity index (χ3n) is 11.5. The summed E-state index contributed by atoms with van der Waals surface area (Å²) < 4.78 is 11.5. The number of ether oxygens (including phenoxy) is 2. The van der Waals surface area contributed by atoms with Gasteiger partial charge in [0.15, 0.2) is 0 Å². The predicted octanol–water partition coefficient (Wildman–Crippen LogP) is 12.3. The molecule has 0 saturated carbocycles. The van der Waals surface area contributed by atoms with Gasteiger partial charge in [-0.05, 0) is 83.8 Å². The number of hydrogen-bond donors (Lipinski definition) is 1. The molecular weight excluding hydrogens is 727 g/mol. The molecule has 1 N–H and O–H groups in total. The summed E-state index contributed by atoms with van der Waals surface area (Å²) in [6, 6.07) is 0. The van der Waals surface area contributed by atoms with Crippen LogP contribution in [-0.4, -0.2) is 86.5 Å². The Morgan fingerprint density at radius 3 is 1.41 bits per heavy atom. The molecule has 58 heavy (non-hydrogen) atoms. The molecule has 0 unspecified atom stereocenters. The van der Waals surface area contributed by atoms with Crippen molar-refractivity contribution >= 4 is 24.3 Å². The maximum atomic E-state index is 12.8. The van der Waals surface area contributed by atoms with Gasteiger partial charge >= 0.3 is 11.9 Å². The Labute approximate surface area is 358 Å². The molecule has 342 valence electrons. The number of nitrogens with one attached hydrogen (secondary N) is 1. The summed E-state index contributed by atoms with van der Waals surface area (Å²) in [7, 11) is 1.80. The van der Waals surface area contributed by atoms with E-state index in [-0.39, 0.29) is 30.5 Å². The van der Waals surface area contributed by atoms with Crippen LogP contribution in [0.25, 0.3) is 0 Å². The van der Waals surface area contributed by atoms with Crippen LogP contribution in [0.15, 0.2) is 0 Å². The Morgan fingerprint density at radius 1 is 0.500 bits per heavy atom. The highest BCUT2D eigenvalue weighted by Gasteiger charge is 2.15. The molecule has 0 spiro atoms. The maximum Gasteiger partial charge on any atom is 0.306 e. The highest BCUT2D eigenvalue weighted by atomic mass is 16.5. The second-order valence-electron chi connectivity index (χ2n) is 17.1. The van der Waals surface area contributed by atoms with E-state index in [1.54, 1.807) is 11.9 Å². The monoisotopic (exact) mass is 822 g/mol. The molecule has 0 aliphatic carbocycles. The number of likely N-dealkylation sites (N-methyl/N-ethyl adjacent to an activating group) is 1. The summed E-state index contributed by atoms with van der Waals surface area (Å²) in [5, 5.41) is 2.46. The number of carbonyl (C=O) groups is 4. The average molecular weight is 822 g/mol. The molecule has 0 rings (SSSR count). The molecule has 2 amide bonds. The third kappa shape index (κ3) is 39.3. The molecule has 0 aliphatic rings. The molecule has 0 bridgehead atoms. The topological polar surface area (TPSA) is 105 Å². The first-order chi connectivity index (χ1) is 28.4. The van der Waals surface area contributed by atoms with Crippen molar-refractivity contribution in [1.82, 2.24) is 15.1 Å². The molecule has 0 atom stereocenters. The van der Waals surface area contributed by atoms with Crippen LogP contribution in [0.2, 0.25) is 0 Å². The summed E-state index contributed by atoms with van der Waals surface area (Å²) in [6.45, 7) is 11.0. The molecule has 0 aliphatic heterocycles. The summed E-state index contributed by atoms with van der Waals surface area (Å²) in [5.74, 6) is -0.124. The van der Waals surface area contributed by atoms with E-state index in [2.05, 4.69) is 31.0 Å². The second-order valence-corrected chi connectivity index (χ2v) is 17.1. The van der Waals surface area contributed by atoms with E-state index in [0.29, 0.717) is 32.4 Å². The van der Waals surface area contributed by atoms with E-state index < -0.39 is 0 Å². The van der Waals surface area contributed by atoms with Crippen LogP contribution in [0.4, 0.5) is 0 Å². The van der Waals surface area contributed by atoms with Gasteiger partial charge in [0.25, 0.3) is 0 Å². The predicted molar refractivity (Wildman–Crippen MR) is 243 cm³/mol. The highest BCUT2D eigenvalue weighted by molar-refractivity contribution is 5.79. The number of amides is 2. The smallest absolute Gasteiger partial charge is 0.306 e. The van der Waals surface area contributed by atoms with Gasteiger partial charge in [0.2, 0.25) is 12.3 Å². The molecule has 0 heterocycles. The zero-order valence-corrected chi connectivity index (χ0v) is 38.8. The van der Waals surface area contributed by atoms with Gasteiger partial charge in [0, 0.05) is 26.4 Å². The number of rotatable bonds is 46. The molecule has 0 aromatic rings. The lowest BCUT2D eigenvalue weighted by Gasteiger charge is -2.24. The van der Waals surface area contributed by atoms with Crippen LogP contribution >= 0.6 is 0 Å².